The van der Waals surface area contributed by atoms with Gasteiger partial charge in [-0.05, 0) is 18.3 Å². The molecular formula is C16H26N4O2. The molecule has 2 amide bonds. The number of carbonyl (C=O) groups is 2. The number of hydrogen-bond donors (Lipinski definition) is 1. The van der Waals surface area contributed by atoms with Crippen molar-refractivity contribution >= 4 is 17.6 Å². The minimum atomic E-state index is -0.451. The van der Waals surface area contributed by atoms with Gasteiger partial charge in [0.1, 0.15) is 6.04 Å². The Morgan fingerprint density at radius 3 is 2.68 bits per heavy atom. The summed E-state index contributed by atoms with van der Waals surface area (Å²) >= 11 is 0. The van der Waals surface area contributed by atoms with Crippen molar-refractivity contribution in [2.75, 3.05) is 11.4 Å². The predicted octanol–water partition coefficient (Wildman–Crippen LogP) is 1.71. The van der Waals surface area contributed by atoms with Crippen LogP contribution in [0.4, 0.5) is 5.82 Å². The molecule has 1 aliphatic rings. The maximum absolute atomic E-state index is 12.6. The number of aromatic nitrogens is 2. The lowest BCUT2D eigenvalue weighted by atomic mass is 9.81. The van der Waals surface area contributed by atoms with Crippen LogP contribution in [0, 0.1) is 11.3 Å². The molecule has 22 heavy (non-hydrogen) atoms. The number of aryl methyl sites for hydroxylation is 1. The van der Waals surface area contributed by atoms with E-state index < -0.39 is 6.04 Å². The molecule has 6 heteroatoms. The zero-order chi connectivity index (χ0) is 16.5. The normalized spacial score (nSPS) is 20.9. The summed E-state index contributed by atoms with van der Waals surface area (Å²) in [6, 6.07) is 1.37. The maximum atomic E-state index is 12.6. The van der Waals surface area contributed by atoms with E-state index in [1.54, 1.807) is 9.58 Å². The summed E-state index contributed by atoms with van der Waals surface area (Å²) in [7, 11) is 1.82. The number of amides is 2. The molecule has 2 atom stereocenters. The van der Waals surface area contributed by atoms with Gasteiger partial charge >= 0.3 is 0 Å². The lowest BCUT2D eigenvalue weighted by molar-refractivity contribution is -0.132. The number of rotatable bonds is 3. The number of nitrogens with zero attached hydrogens (tertiary/aromatic N) is 3. The fraction of sp³-hybridized carbons (Fsp3) is 0.688. The van der Waals surface area contributed by atoms with E-state index in [1.165, 1.54) is 0 Å². The van der Waals surface area contributed by atoms with Gasteiger partial charge in [-0.25, -0.2) is 0 Å². The van der Waals surface area contributed by atoms with Crippen LogP contribution in [0.2, 0.25) is 0 Å². The van der Waals surface area contributed by atoms with Gasteiger partial charge in [-0.2, -0.15) is 5.10 Å². The first-order valence-electron chi connectivity index (χ1n) is 7.81. The monoisotopic (exact) mass is 306 g/mol. The van der Waals surface area contributed by atoms with E-state index in [9.17, 15) is 9.59 Å². The lowest BCUT2D eigenvalue weighted by Crippen LogP contribution is -2.54. The minimum absolute atomic E-state index is 0.0614. The molecule has 0 spiro atoms. The highest BCUT2D eigenvalue weighted by Crippen LogP contribution is 2.26. The van der Waals surface area contributed by atoms with Gasteiger partial charge in [0.25, 0.3) is 5.91 Å². The Balaban J connectivity index is 2.06. The zero-order valence-corrected chi connectivity index (χ0v) is 14.1. The first-order chi connectivity index (χ1) is 10.2. The van der Waals surface area contributed by atoms with Crippen molar-refractivity contribution in [1.82, 2.24) is 15.1 Å². The van der Waals surface area contributed by atoms with Crippen molar-refractivity contribution in [2.24, 2.45) is 18.4 Å². The van der Waals surface area contributed by atoms with Crippen LogP contribution < -0.4 is 10.2 Å². The molecule has 1 aliphatic heterocycles. The van der Waals surface area contributed by atoms with Crippen LogP contribution in [-0.2, 0) is 16.6 Å². The molecule has 1 aromatic rings. The average molecular weight is 306 g/mol. The van der Waals surface area contributed by atoms with Gasteiger partial charge in [0, 0.05) is 31.8 Å². The molecule has 122 valence electrons. The molecule has 0 radical (unpaired) electrons. The van der Waals surface area contributed by atoms with Crippen LogP contribution in [0.25, 0.3) is 0 Å². The summed E-state index contributed by atoms with van der Waals surface area (Å²) in [5.41, 5.74) is -0.123. The average Bonchev–Trinajstić information content (AvgIpc) is 2.85. The number of piperidine rings is 1. The van der Waals surface area contributed by atoms with Gasteiger partial charge in [0.05, 0.1) is 0 Å². The third kappa shape index (κ3) is 3.48. The first kappa shape index (κ1) is 16.5. The zero-order valence-electron chi connectivity index (χ0n) is 14.1. The molecule has 1 saturated heterocycles. The van der Waals surface area contributed by atoms with E-state index in [0.717, 1.165) is 6.42 Å². The highest BCUT2D eigenvalue weighted by molar-refractivity contribution is 5.99. The van der Waals surface area contributed by atoms with E-state index in [4.69, 9.17) is 0 Å². The molecule has 0 aliphatic carbocycles. The minimum Gasteiger partial charge on any atom is -0.344 e. The van der Waals surface area contributed by atoms with Gasteiger partial charge in [0.2, 0.25) is 5.91 Å². The molecule has 0 aromatic carbocycles. The molecule has 1 N–H and O–H groups in total. The van der Waals surface area contributed by atoms with E-state index >= 15 is 0 Å². The van der Waals surface area contributed by atoms with Crippen molar-refractivity contribution in [3.63, 3.8) is 0 Å². The van der Waals surface area contributed by atoms with Gasteiger partial charge in [0.15, 0.2) is 5.82 Å². The SMILES string of the molecule is CC(C(=O)NC1CCCN(c2ccn(C)n2)C1=O)C(C)(C)C. The van der Waals surface area contributed by atoms with Crippen molar-refractivity contribution in [2.45, 2.75) is 46.6 Å². The van der Waals surface area contributed by atoms with Crippen molar-refractivity contribution in [3.05, 3.63) is 12.3 Å². The summed E-state index contributed by atoms with van der Waals surface area (Å²) in [4.78, 5) is 26.6. The van der Waals surface area contributed by atoms with Crippen LogP contribution >= 0.6 is 0 Å². The smallest absolute Gasteiger partial charge is 0.250 e. The second kappa shape index (κ2) is 6.10. The van der Waals surface area contributed by atoms with Crippen LogP contribution in [0.15, 0.2) is 12.3 Å². The van der Waals surface area contributed by atoms with Gasteiger partial charge < -0.3 is 5.32 Å². The molecule has 0 saturated carbocycles. The summed E-state index contributed by atoms with van der Waals surface area (Å²) in [6.45, 7) is 8.64. The number of carbonyl (C=O) groups excluding carboxylic acids is 2. The Labute approximate surface area is 131 Å². The van der Waals surface area contributed by atoms with Crippen molar-refractivity contribution in [3.8, 4) is 0 Å². The molecule has 2 heterocycles. The molecule has 2 rings (SSSR count). The molecule has 2 unspecified atom stereocenters. The second-order valence-electron chi connectivity index (χ2n) is 7.13. The predicted molar refractivity (Wildman–Crippen MR) is 85.3 cm³/mol. The molecule has 1 aromatic heterocycles. The van der Waals surface area contributed by atoms with Crippen LogP contribution in [0.5, 0.6) is 0 Å². The fourth-order valence-corrected chi connectivity index (χ4v) is 2.47. The summed E-state index contributed by atoms with van der Waals surface area (Å²) < 4.78 is 1.67. The third-order valence-corrected chi connectivity index (χ3v) is 4.42. The number of hydrogen-bond acceptors (Lipinski definition) is 3. The highest BCUT2D eigenvalue weighted by Gasteiger charge is 2.34. The Morgan fingerprint density at radius 2 is 2.14 bits per heavy atom. The fourth-order valence-electron chi connectivity index (χ4n) is 2.47. The van der Waals surface area contributed by atoms with Gasteiger partial charge in [-0.3, -0.25) is 19.2 Å². The quantitative estimate of drug-likeness (QED) is 0.924. The van der Waals surface area contributed by atoms with E-state index in [-0.39, 0.29) is 23.1 Å². The maximum Gasteiger partial charge on any atom is 0.250 e. The standard InChI is InChI=1S/C16H26N4O2/c1-11(16(2,3)4)14(21)17-12-7-6-9-20(15(12)22)13-8-10-19(5)18-13/h8,10-12H,6-7,9H2,1-5H3,(H,17,21). The van der Waals surface area contributed by atoms with Crippen molar-refractivity contribution in [1.29, 1.82) is 0 Å². The van der Waals surface area contributed by atoms with Crippen LogP contribution in [0.1, 0.15) is 40.5 Å². The Kier molecular flexibility index (Phi) is 4.58. The van der Waals surface area contributed by atoms with Crippen LogP contribution in [0.3, 0.4) is 0 Å². The first-order valence-corrected chi connectivity index (χ1v) is 7.81. The van der Waals surface area contributed by atoms with Gasteiger partial charge in [-0.15, -0.1) is 0 Å². The topological polar surface area (TPSA) is 67.2 Å². The van der Waals surface area contributed by atoms with E-state index in [1.807, 2.05) is 47.0 Å². The Hall–Kier alpha value is -1.85. The lowest BCUT2D eigenvalue weighted by Gasteiger charge is -2.33. The molecule has 0 bridgehead atoms. The molecular weight excluding hydrogens is 280 g/mol. The second-order valence-corrected chi connectivity index (χ2v) is 7.13. The summed E-state index contributed by atoms with van der Waals surface area (Å²) in [5, 5.41) is 7.20. The van der Waals surface area contributed by atoms with E-state index in [0.29, 0.717) is 18.8 Å². The highest BCUT2D eigenvalue weighted by atomic mass is 16.2. The Morgan fingerprint density at radius 1 is 1.45 bits per heavy atom. The number of nitrogens with one attached hydrogen (secondary N) is 1. The molecule has 1 fully saturated rings. The Bertz CT molecular complexity index is 559. The van der Waals surface area contributed by atoms with Gasteiger partial charge in [-0.1, -0.05) is 27.7 Å². The van der Waals surface area contributed by atoms with E-state index in [2.05, 4.69) is 10.4 Å². The molecule has 6 nitrogen and oxygen atoms in total. The number of anilines is 1. The third-order valence-electron chi connectivity index (χ3n) is 4.42. The van der Waals surface area contributed by atoms with Crippen LogP contribution in [-0.4, -0.2) is 34.2 Å². The summed E-state index contributed by atoms with van der Waals surface area (Å²) in [5.74, 6) is 0.369. The summed E-state index contributed by atoms with van der Waals surface area (Å²) in [6.07, 6.45) is 3.36. The van der Waals surface area contributed by atoms with Crippen molar-refractivity contribution < 1.29 is 9.59 Å². The largest absolute Gasteiger partial charge is 0.344 e.